The third-order valence-corrected chi connectivity index (χ3v) is 6.81. The van der Waals surface area contributed by atoms with Crippen molar-refractivity contribution in [2.75, 3.05) is 25.2 Å². The van der Waals surface area contributed by atoms with E-state index in [1.54, 1.807) is 0 Å². The van der Waals surface area contributed by atoms with Gasteiger partial charge in [-0.3, -0.25) is 14.5 Å². The summed E-state index contributed by atoms with van der Waals surface area (Å²) in [5, 5.41) is 17.8. The van der Waals surface area contributed by atoms with Crippen molar-refractivity contribution in [3.63, 3.8) is 0 Å². The van der Waals surface area contributed by atoms with Gasteiger partial charge in [-0.2, -0.15) is 0 Å². The number of thioether (sulfide) groups is 1. The number of thiazole rings is 1. The maximum atomic E-state index is 12.9. The topological polar surface area (TPSA) is 160 Å². The van der Waals surface area contributed by atoms with Crippen molar-refractivity contribution in [3.8, 4) is 0 Å². The zero-order valence-corrected chi connectivity index (χ0v) is 22.3. The number of β-lactam (4-membered cyclic amide) rings is 1. The molecule has 2 aliphatic heterocycles. The lowest BCUT2D eigenvalue weighted by atomic mass is 9.92. The molecule has 2 aromatic heterocycles. The Bertz CT molecular complexity index is 1200. The van der Waals surface area contributed by atoms with Crippen LogP contribution in [0.3, 0.4) is 0 Å². The van der Waals surface area contributed by atoms with Gasteiger partial charge in [0, 0.05) is 22.4 Å². The minimum Gasteiger partial charge on any atom is -1.00 e. The lowest BCUT2D eigenvalue weighted by Gasteiger charge is -2.49. The number of fused-ring (bicyclic) bond motifs is 1. The molecule has 2 amide bonds. The van der Waals surface area contributed by atoms with Crippen molar-refractivity contribution in [3.05, 3.63) is 47.1 Å². The highest BCUT2D eigenvalue weighted by Gasteiger charge is 2.55. The minimum absolute atomic E-state index is 0. The summed E-state index contributed by atoms with van der Waals surface area (Å²) in [6, 6.07) is 2.14. The molecule has 4 N–H and O–H groups in total. The highest BCUT2D eigenvalue weighted by atomic mass is 127. The number of nitrogens with one attached hydrogen (secondary N) is 1. The van der Waals surface area contributed by atoms with Crippen molar-refractivity contribution in [2.45, 2.75) is 17.0 Å². The van der Waals surface area contributed by atoms with Gasteiger partial charge in [-0.1, -0.05) is 5.16 Å². The molecule has 0 aromatic carbocycles. The molecular formula is C20H21IN6O6S2. The molecular weight excluding hydrogens is 611 g/mol. The van der Waals surface area contributed by atoms with Gasteiger partial charge < -0.3 is 49.7 Å². The summed E-state index contributed by atoms with van der Waals surface area (Å²) in [6.07, 6.45) is 3.75. The van der Waals surface area contributed by atoms with E-state index >= 15 is 0 Å². The van der Waals surface area contributed by atoms with Crippen LogP contribution in [0.5, 0.6) is 0 Å². The molecule has 2 aliphatic rings. The Morgan fingerprint density at radius 1 is 1.46 bits per heavy atom. The van der Waals surface area contributed by atoms with E-state index in [0.717, 1.165) is 21.1 Å². The highest BCUT2D eigenvalue weighted by molar-refractivity contribution is 7.99. The van der Waals surface area contributed by atoms with Crippen LogP contribution in [0, 0.1) is 0 Å². The number of nitrogen functional groups attached to an aromatic ring is 1. The number of aryl methyl sites for hydroxylation is 1. The second kappa shape index (κ2) is 11.2. The summed E-state index contributed by atoms with van der Waals surface area (Å²) in [7, 11) is 3.16. The zero-order chi connectivity index (χ0) is 24.4. The average molecular weight is 632 g/mol. The molecule has 0 radical (unpaired) electrons. The Balaban J connectivity index is 0.00000342. The summed E-state index contributed by atoms with van der Waals surface area (Å²) in [5.41, 5.74) is 5.45. The largest absolute Gasteiger partial charge is 1.00 e. The molecule has 186 valence electrons. The number of nitrogens with zero attached hydrogens (tertiary/aromatic N) is 4. The first kappa shape index (κ1) is 26.7. The Labute approximate surface area is 225 Å². The molecule has 0 bridgehead atoms. The number of hydrogen-bond donors (Lipinski definition) is 3. The van der Waals surface area contributed by atoms with Gasteiger partial charge in [0.15, 0.2) is 28.9 Å². The molecule has 35 heavy (non-hydrogen) atoms. The zero-order valence-electron chi connectivity index (χ0n) is 18.5. The standard InChI is InChI=1S/C20H20N6O6S2.HI/c1-25-5-3-10(4-6-25)33-9-13-16(19(29)30)26-12(7-32-13)15(18(26)28)23-17(27)14(24-31-2)11-8-34-20(21)22-11;/h3-6,8,12,15H,7,9H2,1-2H3,(H3-,21,22,23,27,29,30);1H/b24-14-;. The van der Waals surface area contributed by atoms with Gasteiger partial charge in [-0.25, -0.2) is 14.3 Å². The molecule has 4 heterocycles. The van der Waals surface area contributed by atoms with Crippen LogP contribution in [0.2, 0.25) is 0 Å². The minimum atomic E-state index is -1.28. The number of carboxylic acids is 1. The first-order valence-electron chi connectivity index (χ1n) is 9.94. The number of nitrogens with two attached hydrogens (primary N) is 1. The van der Waals surface area contributed by atoms with Gasteiger partial charge in [-0.05, 0) is 0 Å². The van der Waals surface area contributed by atoms with Crippen molar-refractivity contribution in [1.29, 1.82) is 0 Å². The van der Waals surface area contributed by atoms with E-state index < -0.39 is 29.9 Å². The van der Waals surface area contributed by atoms with E-state index in [0.29, 0.717) is 0 Å². The molecule has 12 nitrogen and oxygen atoms in total. The summed E-state index contributed by atoms with van der Waals surface area (Å²) in [4.78, 5) is 48.5. The Hall–Kier alpha value is -2.92. The van der Waals surface area contributed by atoms with Crippen molar-refractivity contribution in [1.82, 2.24) is 15.2 Å². The number of carboxylic acid groups (broad SMARTS) is 1. The lowest BCUT2D eigenvalue weighted by Crippen LogP contribution is -3.00. The Morgan fingerprint density at radius 3 is 2.77 bits per heavy atom. The lowest BCUT2D eigenvalue weighted by molar-refractivity contribution is -0.671. The third-order valence-electron chi connectivity index (χ3n) is 5.12. The number of carbonyl (C=O) groups is 3. The van der Waals surface area contributed by atoms with Gasteiger partial charge >= 0.3 is 5.97 Å². The fourth-order valence-electron chi connectivity index (χ4n) is 3.50. The van der Waals surface area contributed by atoms with Gasteiger partial charge in [0.2, 0.25) is 0 Å². The number of aliphatic carboxylic acids is 1. The molecule has 4 rings (SSSR count). The smallest absolute Gasteiger partial charge is 0.356 e. The fraction of sp³-hybridized carbons (Fsp3) is 0.300. The first-order valence-corrected chi connectivity index (χ1v) is 11.8. The highest BCUT2D eigenvalue weighted by Crippen LogP contribution is 2.35. The number of amides is 2. The van der Waals surface area contributed by atoms with Crippen molar-refractivity contribution in [2.24, 2.45) is 12.2 Å². The monoisotopic (exact) mass is 632 g/mol. The number of aromatic nitrogens is 2. The molecule has 2 unspecified atom stereocenters. The van der Waals surface area contributed by atoms with E-state index in [2.05, 4.69) is 15.5 Å². The van der Waals surface area contributed by atoms with Gasteiger partial charge in [-0.15, -0.1) is 23.1 Å². The molecule has 1 fully saturated rings. The van der Waals surface area contributed by atoms with Gasteiger partial charge in [0.1, 0.15) is 44.3 Å². The van der Waals surface area contributed by atoms with Crippen LogP contribution in [-0.2, 0) is 31.0 Å². The normalized spacial score (nSPS) is 19.2. The maximum absolute atomic E-state index is 12.9. The number of ether oxygens (including phenoxy) is 1. The van der Waals surface area contributed by atoms with Crippen LogP contribution in [-0.4, -0.2) is 70.0 Å². The van der Waals surface area contributed by atoms with Gasteiger partial charge in [0.25, 0.3) is 11.8 Å². The average Bonchev–Trinajstić information content (AvgIpc) is 3.25. The number of anilines is 1. The second-order valence-corrected chi connectivity index (χ2v) is 9.23. The van der Waals surface area contributed by atoms with E-state index in [4.69, 9.17) is 15.3 Å². The predicted molar refractivity (Wildman–Crippen MR) is 122 cm³/mol. The molecule has 2 atom stereocenters. The van der Waals surface area contributed by atoms with Crippen LogP contribution >= 0.6 is 23.1 Å². The molecule has 0 saturated carbocycles. The molecule has 2 aromatic rings. The number of oxime groups is 1. The quantitative estimate of drug-likeness (QED) is 0.0678. The maximum Gasteiger partial charge on any atom is 0.356 e. The summed E-state index contributed by atoms with van der Waals surface area (Å²) >= 11 is 2.51. The van der Waals surface area contributed by atoms with Crippen molar-refractivity contribution >= 4 is 51.7 Å². The molecule has 0 spiro atoms. The van der Waals surface area contributed by atoms with E-state index in [1.807, 2.05) is 36.1 Å². The third kappa shape index (κ3) is 5.51. The summed E-state index contributed by atoms with van der Waals surface area (Å²) < 4.78 is 7.61. The van der Waals surface area contributed by atoms with Crippen LogP contribution < -0.4 is 39.6 Å². The molecule has 1 saturated heterocycles. The van der Waals surface area contributed by atoms with Crippen LogP contribution in [0.1, 0.15) is 5.69 Å². The van der Waals surface area contributed by atoms with E-state index in [1.165, 1.54) is 24.3 Å². The SMILES string of the molecule is CO/N=C(\C(=O)NC1C(=O)N2C(C(=O)O)=C(CSc3cc[n+](C)cc3)OCC12)c1csc(N)n1.[I-]. The number of hydrogen-bond acceptors (Lipinski definition) is 10. The summed E-state index contributed by atoms with van der Waals surface area (Å²) in [5.74, 6) is -2.11. The Morgan fingerprint density at radius 2 is 2.17 bits per heavy atom. The Kier molecular flexibility index (Phi) is 8.55. The van der Waals surface area contributed by atoms with E-state index in [-0.39, 0.29) is 64.3 Å². The predicted octanol–water partition coefficient (Wildman–Crippen LogP) is -3.28. The number of pyridine rings is 1. The number of halogens is 1. The molecule has 0 aliphatic carbocycles. The van der Waals surface area contributed by atoms with E-state index in [9.17, 15) is 19.5 Å². The fourth-order valence-corrected chi connectivity index (χ4v) is 4.88. The van der Waals surface area contributed by atoms with Crippen molar-refractivity contribution < 1.29 is 57.6 Å². The number of rotatable bonds is 8. The second-order valence-electron chi connectivity index (χ2n) is 7.30. The summed E-state index contributed by atoms with van der Waals surface area (Å²) in [6.45, 7) is 0.0352. The van der Waals surface area contributed by atoms with Crippen LogP contribution in [0.4, 0.5) is 5.13 Å². The van der Waals surface area contributed by atoms with Gasteiger partial charge in [0.05, 0.1) is 5.75 Å². The van der Waals surface area contributed by atoms with Crippen LogP contribution in [0.15, 0.2) is 51.4 Å². The first-order chi connectivity index (χ1) is 16.3. The van der Waals surface area contributed by atoms with Crippen LogP contribution in [0.25, 0.3) is 0 Å². The number of carbonyl (C=O) groups excluding carboxylic acids is 2. The molecule has 15 heteroatoms.